The van der Waals surface area contributed by atoms with Gasteiger partial charge in [0, 0.05) is 24.0 Å². The minimum Gasteiger partial charge on any atom is -0.356 e. The quantitative estimate of drug-likeness (QED) is 0.649. The Bertz CT molecular complexity index is 561. The zero-order chi connectivity index (χ0) is 15.7. The normalized spacial score (nSPS) is 11.3. The van der Waals surface area contributed by atoms with E-state index in [1.54, 1.807) is 12.1 Å². The highest BCUT2D eigenvalue weighted by Crippen LogP contribution is 2.15. The molecule has 21 heavy (non-hydrogen) atoms. The first-order chi connectivity index (χ1) is 9.95. The zero-order valence-corrected chi connectivity index (χ0v) is 14.5. The van der Waals surface area contributed by atoms with Gasteiger partial charge in [0.25, 0.3) is 0 Å². The monoisotopic (exact) mass is 376 g/mol. The summed E-state index contributed by atoms with van der Waals surface area (Å²) in [5.74, 6) is -0.136. The average molecular weight is 377 g/mol. The summed E-state index contributed by atoms with van der Waals surface area (Å²) in [4.78, 5) is 11.7. The second-order valence-electron chi connectivity index (χ2n) is 4.66. The molecule has 118 valence electrons. The third-order valence-electron chi connectivity index (χ3n) is 2.85. The fourth-order valence-electron chi connectivity index (χ4n) is 1.71. The molecule has 5 nitrogen and oxygen atoms in total. The van der Waals surface area contributed by atoms with Crippen molar-refractivity contribution in [3.63, 3.8) is 0 Å². The van der Waals surface area contributed by atoms with Crippen LogP contribution in [-0.4, -0.2) is 27.4 Å². The molecule has 1 amide bonds. The Kier molecular flexibility index (Phi) is 7.92. The van der Waals surface area contributed by atoms with Gasteiger partial charge in [-0.15, -0.1) is 0 Å². The van der Waals surface area contributed by atoms with Crippen LogP contribution in [0.15, 0.2) is 33.6 Å². The number of amides is 1. The van der Waals surface area contributed by atoms with E-state index in [1.165, 1.54) is 12.1 Å². The molecule has 1 aromatic rings. The third kappa shape index (κ3) is 7.06. The van der Waals surface area contributed by atoms with Gasteiger partial charge in [0.15, 0.2) is 0 Å². The second-order valence-corrected chi connectivity index (χ2v) is 7.34. The number of carbonyl (C=O) groups is 1. The van der Waals surface area contributed by atoms with Crippen molar-refractivity contribution >= 4 is 31.9 Å². The van der Waals surface area contributed by atoms with E-state index < -0.39 is 10.0 Å². The lowest BCUT2D eigenvalue weighted by molar-refractivity contribution is -0.120. The maximum absolute atomic E-state index is 12.0. The summed E-state index contributed by atoms with van der Waals surface area (Å²) in [7, 11) is -3.57. The average Bonchev–Trinajstić information content (AvgIpc) is 2.43. The number of halogens is 1. The molecule has 0 spiro atoms. The van der Waals surface area contributed by atoms with Crippen molar-refractivity contribution < 1.29 is 13.2 Å². The molecule has 1 aromatic carbocycles. The molecular weight excluding hydrogens is 356 g/mol. The maximum Gasteiger partial charge on any atom is 0.240 e. The summed E-state index contributed by atoms with van der Waals surface area (Å²) >= 11 is 3.23. The molecule has 0 aliphatic heterocycles. The molecule has 0 aliphatic rings. The summed E-state index contributed by atoms with van der Waals surface area (Å²) in [6.45, 7) is 2.83. The Morgan fingerprint density at radius 2 is 2.00 bits per heavy atom. The highest BCUT2D eigenvalue weighted by molar-refractivity contribution is 9.10. The van der Waals surface area contributed by atoms with E-state index in [0.29, 0.717) is 11.0 Å². The topological polar surface area (TPSA) is 75.3 Å². The number of hydrogen-bond donors (Lipinski definition) is 2. The Morgan fingerprint density at radius 3 is 2.67 bits per heavy atom. The summed E-state index contributed by atoms with van der Waals surface area (Å²) in [5.41, 5.74) is 0. The summed E-state index contributed by atoms with van der Waals surface area (Å²) < 4.78 is 27.1. The van der Waals surface area contributed by atoms with E-state index in [2.05, 4.69) is 32.9 Å². The van der Waals surface area contributed by atoms with Gasteiger partial charge in [0.1, 0.15) is 0 Å². The van der Waals surface area contributed by atoms with Crippen molar-refractivity contribution in [1.82, 2.24) is 10.0 Å². The summed E-state index contributed by atoms with van der Waals surface area (Å²) in [5, 5.41) is 2.77. The van der Waals surface area contributed by atoms with Crippen LogP contribution in [0.4, 0.5) is 0 Å². The van der Waals surface area contributed by atoms with Gasteiger partial charge in [-0.3, -0.25) is 4.79 Å². The molecule has 0 heterocycles. The minimum absolute atomic E-state index is 0.0917. The van der Waals surface area contributed by atoms with Crippen LogP contribution in [0, 0.1) is 0 Å². The van der Waals surface area contributed by atoms with Gasteiger partial charge >= 0.3 is 0 Å². The summed E-state index contributed by atoms with van der Waals surface area (Å²) in [6, 6.07) is 6.44. The van der Waals surface area contributed by atoms with Crippen LogP contribution < -0.4 is 10.0 Å². The Labute approximate surface area is 134 Å². The first kappa shape index (κ1) is 18.1. The Morgan fingerprint density at radius 1 is 1.24 bits per heavy atom. The van der Waals surface area contributed by atoms with Crippen molar-refractivity contribution in [2.45, 2.75) is 37.5 Å². The zero-order valence-electron chi connectivity index (χ0n) is 12.1. The number of unbranched alkanes of at least 4 members (excludes halogenated alkanes) is 2. The Hall–Kier alpha value is -0.920. The molecule has 0 saturated carbocycles. The van der Waals surface area contributed by atoms with Crippen molar-refractivity contribution in [3.8, 4) is 0 Å². The molecule has 0 unspecified atom stereocenters. The molecule has 0 radical (unpaired) electrons. The van der Waals surface area contributed by atoms with Crippen molar-refractivity contribution in [2.24, 2.45) is 0 Å². The second kappa shape index (κ2) is 9.17. The summed E-state index contributed by atoms with van der Waals surface area (Å²) in [6.07, 6.45) is 3.27. The predicted octanol–water partition coefficient (Wildman–Crippen LogP) is 2.42. The van der Waals surface area contributed by atoms with Gasteiger partial charge in [-0.1, -0.05) is 41.8 Å². The standard InChI is InChI=1S/C14H21BrN2O3S/c1-2-3-4-9-16-14(18)8-10-17-21(19,20)13-7-5-6-12(15)11-13/h5-7,11,17H,2-4,8-10H2,1H3,(H,16,18). The van der Waals surface area contributed by atoms with E-state index in [-0.39, 0.29) is 23.8 Å². The molecule has 2 N–H and O–H groups in total. The fourth-order valence-corrected chi connectivity index (χ4v) is 3.34. The van der Waals surface area contributed by atoms with Gasteiger partial charge < -0.3 is 5.32 Å². The molecule has 0 aromatic heterocycles. The Balaban J connectivity index is 2.36. The van der Waals surface area contributed by atoms with Crippen molar-refractivity contribution in [2.75, 3.05) is 13.1 Å². The lowest BCUT2D eigenvalue weighted by atomic mass is 10.2. The number of rotatable bonds is 9. The number of hydrogen-bond acceptors (Lipinski definition) is 3. The maximum atomic E-state index is 12.0. The molecule has 0 fully saturated rings. The minimum atomic E-state index is -3.57. The van der Waals surface area contributed by atoms with Gasteiger partial charge in [-0.25, -0.2) is 13.1 Å². The van der Waals surface area contributed by atoms with Crippen LogP contribution in [0.2, 0.25) is 0 Å². The van der Waals surface area contributed by atoms with Crippen LogP contribution in [0.1, 0.15) is 32.6 Å². The SMILES string of the molecule is CCCCCNC(=O)CCNS(=O)(=O)c1cccc(Br)c1. The largest absolute Gasteiger partial charge is 0.356 e. The molecule has 0 atom stereocenters. The highest BCUT2D eigenvalue weighted by atomic mass is 79.9. The molecular formula is C14H21BrN2O3S. The van der Waals surface area contributed by atoms with Gasteiger partial charge in [-0.05, 0) is 24.6 Å². The third-order valence-corrected chi connectivity index (χ3v) is 4.80. The van der Waals surface area contributed by atoms with Gasteiger partial charge in [-0.2, -0.15) is 0 Å². The van der Waals surface area contributed by atoms with Crippen molar-refractivity contribution in [3.05, 3.63) is 28.7 Å². The molecule has 1 rings (SSSR count). The molecule has 7 heteroatoms. The smallest absolute Gasteiger partial charge is 0.240 e. The number of benzene rings is 1. The van der Waals surface area contributed by atoms with Gasteiger partial charge in [0.05, 0.1) is 4.90 Å². The number of carbonyl (C=O) groups excluding carboxylic acids is 1. The van der Waals surface area contributed by atoms with E-state index in [0.717, 1.165) is 19.3 Å². The first-order valence-corrected chi connectivity index (χ1v) is 9.25. The first-order valence-electron chi connectivity index (χ1n) is 6.97. The highest BCUT2D eigenvalue weighted by Gasteiger charge is 2.14. The number of sulfonamides is 1. The van der Waals surface area contributed by atoms with Crippen LogP contribution in [0.3, 0.4) is 0 Å². The predicted molar refractivity (Wildman–Crippen MR) is 86.5 cm³/mol. The van der Waals surface area contributed by atoms with E-state index in [4.69, 9.17) is 0 Å². The van der Waals surface area contributed by atoms with E-state index in [9.17, 15) is 13.2 Å². The van der Waals surface area contributed by atoms with Crippen LogP contribution in [-0.2, 0) is 14.8 Å². The molecule has 0 saturated heterocycles. The molecule has 0 aliphatic carbocycles. The number of nitrogens with one attached hydrogen (secondary N) is 2. The molecule has 0 bridgehead atoms. The lowest BCUT2D eigenvalue weighted by Gasteiger charge is -2.08. The van der Waals surface area contributed by atoms with E-state index in [1.807, 2.05) is 0 Å². The van der Waals surface area contributed by atoms with Gasteiger partial charge in [0.2, 0.25) is 15.9 Å². The van der Waals surface area contributed by atoms with Crippen LogP contribution >= 0.6 is 15.9 Å². The van der Waals surface area contributed by atoms with Crippen LogP contribution in [0.5, 0.6) is 0 Å². The van der Waals surface area contributed by atoms with Crippen molar-refractivity contribution in [1.29, 1.82) is 0 Å². The van der Waals surface area contributed by atoms with Crippen LogP contribution in [0.25, 0.3) is 0 Å². The fraction of sp³-hybridized carbons (Fsp3) is 0.500. The lowest BCUT2D eigenvalue weighted by Crippen LogP contribution is -2.31. The van der Waals surface area contributed by atoms with E-state index >= 15 is 0 Å².